The molecule has 8 heteroatoms. The fourth-order valence-corrected chi connectivity index (χ4v) is 0.772. The third-order valence-electron chi connectivity index (χ3n) is 1.41. The van der Waals surface area contributed by atoms with E-state index in [1.165, 1.54) is 0 Å². The molecule has 0 fully saturated rings. The molecule has 0 unspecified atom stereocenters. The average molecular weight is 201 g/mol. The Hall–Kier alpha value is -1.67. The fraction of sp³-hybridized carbons (Fsp3) is 0.500. The van der Waals surface area contributed by atoms with Crippen LogP contribution >= 0.6 is 0 Å². The van der Waals surface area contributed by atoms with E-state index in [1.54, 1.807) is 7.11 Å². The summed E-state index contributed by atoms with van der Waals surface area (Å²) in [5, 5.41) is 15.5. The number of nitrogens with zero attached hydrogens (tertiary/aromatic N) is 3. The van der Waals surface area contributed by atoms with E-state index in [1.807, 2.05) is 5.48 Å². The molecule has 0 amide bonds. The highest BCUT2D eigenvalue weighted by Crippen LogP contribution is 2.03. The molecule has 1 aromatic rings. The number of ether oxygens (including phenoxy) is 1. The first-order valence-corrected chi connectivity index (χ1v) is 3.81. The van der Waals surface area contributed by atoms with Gasteiger partial charge in [0.25, 0.3) is 0 Å². The minimum Gasteiger partial charge on any atom is -0.383 e. The van der Waals surface area contributed by atoms with Crippen LogP contribution in [-0.4, -0.2) is 41.6 Å². The first-order chi connectivity index (χ1) is 6.79. The molecule has 0 spiro atoms. The summed E-state index contributed by atoms with van der Waals surface area (Å²) in [6, 6.07) is 0. The first-order valence-electron chi connectivity index (χ1n) is 3.81. The number of rotatable bonds is 4. The molecular weight excluding hydrogens is 190 g/mol. The lowest BCUT2D eigenvalue weighted by atomic mass is 10.4. The Morgan fingerprint density at radius 2 is 2.50 bits per heavy atom. The number of methoxy groups -OCH3 is 1. The molecule has 0 aliphatic heterocycles. The van der Waals surface area contributed by atoms with Gasteiger partial charge in [0.2, 0.25) is 0 Å². The standard InChI is InChI=1S/C6H11N5O3/c1-13-3-2-8-6(9-12)4-5(7)11-14-10-4/h12H,2-3H2,1H3,(H2,7,11)(H,8,9). The van der Waals surface area contributed by atoms with Crippen LogP contribution in [0.25, 0.3) is 0 Å². The maximum atomic E-state index is 8.74. The van der Waals surface area contributed by atoms with Gasteiger partial charge in [-0.15, -0.1) is 0 Å². The van der Waals surface area contributed by atoms with Gasteiger partial charge >= 0.3 is 0 Å². The fourth-order valence-electron chi connectivity index (χ4n) is 0.772. The van der Waals surface area contributed by atoms with Crippen molar-refractivity contribution < 1.29 is 14.6 Å². The van der Waals surface area contributed by atoms with Crippen LogP contribution in [0, 0.1) is 0 Å². The number of nitrogens with two attached hydrogens (primary N) is 1. The Labute approximate surface area is 79.7 Å². The summed E-state index contributed by atoms with van der Waals surface area (Å²) >= 11 is 0. The number of hydroxylamine groups is 1. The van der Waals surface area contributed by atoms with Crippen LogP contribution < -0.4 is 11.2 Å². The summed E-state index contributed by atoms with van der Waals surface area (Å²) in [4.78, 5) is 3.92. The quantitative estimate of drug-likeness (QED) is 0.248. The first kappa shape index (κ1) is 10.4. The van der Waals surface area contributed by atoms with Gasteiger partial charge in [0.05, 0.1) is 13.2 Å². The zero-order valence-electron chi connectivity index (χ0n) is 7.60. The maximum absolute atomic E-state index is 8.74. The van der Waals surface area contributed by atoms with Crippen molar-refractivity contribution in [2.45, 2.75) is 0 Å². The molecule has 4 N–H and O–H groups in total. The van der Waals surface area contributed by atoms with Crippen molar-refractivity contribution in [2.24, 2.45) is 4.99 Å². The van der Waals surface area contributed by atoms with Crippen LogP contribution in [0.4, 0.5) is 5.82 Å². The molecule has 0 aliphatic rings. The Bertz CT molecular complexity index is 310. The minimum atomic E-state index is 0.0581. The van der Waals surface area contributed by atoms with E-state index in [4.69, 9.17) is 15.7 Å². The number of hydrogen-bond donors (Lipinski definition) is 3. The van der Waals surface area contributed by atoms with Gasteiger partial charge in [-0.05, 0) is 10.3 Å². The monoisotopic (exact) mass is 201 g/mol. The molecule has 1 heterocycles. The molecule has 0 aliphatic carbocycles. The molecule has 0 radical (unpaired) electrons. The van der Waals surface area contributed by atoms with Crippen LogP contribution in [0.2, 0.25) is 0 Å². The Morgan fingerprint density at radius 1 is 1.71 bits per heavy atom. The van der Waals surface area contributed by atoms with E-state index in [-0.39, 0.29) is 17.3 Å². The summed E-state index contributed by atoms with van der Waals surface area (Å²) in [6.45, 7) is 0.794. The Balaban J connectivity index is 2.71. The average Bonchev–Trinajstić information content (AvgIpc) is 2.60. The van der Waals surface area contributed by atoms with E-state index in [0.29, 0.717) is 13.2 Å². The molecule has 8 nitrogen and oxygen atoms in total. The highest BCUT2D eigenvalue weighted by atomic mass is 16.6. The second-order valence-corrected chi connectivity index (χ2v) is 2.33. The van der Waals surface area contributed by atoms with E-state index in [9.17, 15) is 0 Å². The van der Waals surface area contributed by atoms with Crippen molar-refractivity contribution in [2.75, 3.05) is 26.0 Å². The van der Waals surface area contributed by atoms with Gasteiger partial charge in [-0.3, -0.25) is 15.7 Å². The molecule has 1 rings (SSSR count). The van der Waals surface area contributed by atoms with Gasteiger partial charge in [0.15, 0.2) is 17.3 Å². The van der Waals surface area contributed by atoms with Crippen molar-refractivity contribution in [3.8, 4) is 0 Å². The van der Waals surface area contributed by atoms with Gasteiger partial charge in [-0.2, -0.15) is 0 Å². The number of nitrogen functional groups attached to an aromatic ring is 1. The summed E-state index contributed by atoms with van der Waals surface area (Å²) < 4.78 is 9.12. The summed E-state index contributed by atoms with van der Waals surface area (Å²) in [7, 11) is 1.55. The zero-order chi connectivity index (χ0) is 10.4. The number of hydrogen-bond acceptors (Lipinski definition) is 7. The third kappa shape index (κ3) is 2.41. The predicted molar refractivity (Wildman–Crippen MR) is 46.9 cm³/mol. The number of aromatic nitrogens is 2. The van der Waals surface area contributed by atoms with Gasteiger partial charge < -0.3 is 10.5 Å². The zero-order valence-corrected chi connectivity index (χ0v) is 7.60. The largest absolute Gasteiger partial charge is 0.383 e. The maximum Gasteiger partial charge on any atom is 0.199 e. The van der Waals surface area contributed by atoms with Gasteiger partial charge in [-0.25, -0.2) is 4.63 Å². The van der Waals surface area contributed by atoms with Crippen molar-refractivity contribution in [3.63, 3.8) is 0 Å². The highest BCUT2D eigenvalue weighted by molar-refractivity contribution is 5.99. The van der Waals surface area contributed by atoms with Crippen molar-refractivity contribution in [1.29, 1.82) is 0 Å². The molecule has 0 bridgehead atoms. The molecule has 0 saturated heterocycles. The smallest absolute Gasteiger partial charge is 0.199 e. The van der Waals surface area contributed by atoms with E-state index in [2.05, 4.69) is 19.9 Å². The number of nitrogens with one attached hydrogen (secondary N) is 1. The van der Waals surface area contributed by atoms with Crippen molar-refractivity contribution >= 4 is 11.7 Å². The molecule has 14 heavy (non-hydrogen) atoms. The normalized spacial score (nSPS) is 11.7. The van der Waals surface area contributed by atoms with E-state index < -0.39 is 0 Å². The van der Waals surface area contributed by atoms with Crippen LogP contribution in [0.3, 0.4) is 0 Å². The van der Waals surface area contributed by atoms with Crippen LogP contribution in [0.5, 0.6) is 0 Å². The lowest BCUT2D eigenvalue weighted by Crippen LogP contribution is -2.22. The summed E-state index contributed by atoms with van der Waals surface area (Å²) in [5.41, 5.74) is 7.42. The van der Waals surface area contributed by atoms with Crippen LogP contribution in [0.1, 0.15) is 5.69 Å². The SMILES string of the molecule is COCCN=C(NO)c1nonc1N. The number of anilines is 1. The second kappa shape index (κ2) is 5.14. The van der Waals surface area contributed by atoms with Gasteiger partial charge in [0.1, 0.15) is 0 Å². The molecule has 0 aromatic carbocycles. The Kier molecular flexibility index (Phi) is 3.83. The van der Waals surface area contributed by atoms with Gasteiger partial charge in [-0.1, -0.05) is 0 Å². The minimum absolute atomic E-state index is 0.0581. The molecule has 0 saturated carbocycles. The van der Waals surface area contributed by atoms with Gasteiger partial charge in [0, 0.05) is 7.11 Å². The topological polar surface area (TPSA) is 119 Å². The summed E-state index contributed by atoms with van der Waals surface area (Å²) in [5.74, 6) is 0.156. The van der Waals surface area contributed by atoms with Crippen molar-refractivity contribution in [3.05, 3.63) is 5.69 Å². The molecular formula is C6H11N5O3. The van der Waals surface area contributed by atoms with Crippen LogP contribution in [0.15, 0.2) is 9.62 Å². The van der Waals surface area contributed by atoms with E-state index in [0.717, 1.165) is 0 Å². The number of amidine groups is 1. The van der Waals surface area contributed by atoms with Crippen LogP contribution in [-0.2, 0) is 4.74 Å². The molecule has 78 valence electrons. The highest BCUT2D eigenvalue weighted by Gasteiger charge is 2.12. The third-order valence-corrected chi connectivity index (χ3v) is 1.41. The number of aliphatic imine (C=N–C) groups is 1. The molecule has 0 atom stereocenters. The lowest BCUT2D eigenvalue weighted by molar-refractivity contribution is 0.206. The van der Waals surface area contributed by atoms with E-state index >= 15 is 0 Å². The van der Waals surface area contributed by atoms with Crippen molar-refractivity contribution in [1.82, 2.24) is 15.8 Å². The molecule has 1 aromatic heterocycles. The predicted octanol–water partition coefficient (Wildman–Crippen LogP) is -0.976. The Morgan fingerprint density at radius 3 is 3.00 bits per heavy atom. The lowest BCUT2D eigenvalue weighted by Gasteiger charge is -2.00. The second-order valence-electron chi connectivity index (χ2n) is 2.33. The summed E-state index contributed by atoms with van der Waals surface area (Å²) in [6.07, 6.45) is 0.